The second kappa shape index (κ2) is 4.62. The standard InChI is InChI=1S/C12H10N6O4/c1-15-7-3-5-9(17(19)20)13-11(7)16(2)12-8(15)4-6-10(14-12)18(21)22/h3-6H,1-2H3. The quantitative estimate of drug-likeness (QED) is 0.611. The van der Waals surface area contributed by atoms with Gasteiger partial charge in [-0.15, -0.1) is 0 Å². The minimum Gasteiger partial charge on any atom is -0.358 e. The average molecular weight is 302 g/mol. The monoisotopic (exact) mass is 302 g/mol. The number of rotatable bonds is 2. The second-order valence-corrected chi connectivity index (χ2v) is 4.66. The number of anilines is 4. The van der Waals surface area contributed by atoms with Gasteiger partial charge in [0.2, 0.25) is 0 Å². The third kappa shape index (κ3) is 1.89. The summed E-state index contributed by atoms with van der Waals surface area (Å²) >= 11 is 0. The fourth-order valence-electron chi connectivity index (χ4n) is 2.31. The van der Waals surface area contributed by atoms with Gasteiger partial charge < -0.3 is 25.1 Å². The van der Waals surface area contributed by atoms with E-state index in [1.165, 1.54) is 17.0 Å². The number of nitro groups is 2. The highest BCUT2D eigenvalue weighted by molar-refractivity contribution is 5.89. The van der Waals surface area contributed by atoms with Crippen LogP contribution >= 0.6 is 0 Å². The highest BCUT2D eigenvalue weighted by atomic mass is 16.6. The minimum atomic E-state index is -0.593. The lowest BCUT2D eigenvalue weighted by Crippen LogP contribution is -2.26. The molecular weight excluding hydrogens is 292 g/mol. The van der Waals surface area contributed by atoms with Gasteiger partial charge in [0.25, 0.3) is 11.6 Å². The molecule has 10 heteroatoms. The van der Waals surface area contributed by atoms with Crippen molar-refractivity contribution in [3.05, 3.63) is 44.5 Å². The second-order valence-electron chi connectivity index (χ2n) is 4.66. The maximum Gasteiger partial charge on any atom is 0.366 e. The lowest BCUT2D eigenvalue weighted by molar-refractivity contribution is -0.389. The Balaban J connectivity index is 2.19. The average Bonchev–Trinajstić information content (AvgIpc) is 2.51. The molecule has 0 N–H and O–H groups in total. The van der Waals surface area contributed by atoms with Crippen molar-refractivity contribution < 1.29 is 9.85 Å². The molecule has 0 aromatic carbocycles. The first-order valence-electron chi connectivity index (χ1n) is 6.18. The van der Waals surface area contributed by atoms with Gasteiger partial charge in [0.05, 0.1) is 0 Å². The Labute approximate surface area is 123 Å². The zero-order valence-electron chi connectivity index (χ0n) is 11.6. The van der Waals surface area contributed by atoms with Crippen LogP contribution in [-0.2, 0) is 0 Å². The molecule has 0 atom stereocenters. The summed E-state index contributed by atoms with van der Waals surface area (Å²) in [6, 6.07) is 5.79. The lowest BCUT2D eigenvalue weighted by atomic mass is 10.2. The van der Waals surface area contributed by atoms with Crippen LogP contribution in [0.5, 0.6) is 0 Å². The van der Waals surface area contributed by atoms with E-state index in [2.05, 4.69) is 9.97 Å². The normalized spacial score (nSPS) is 12.6. The molecule has 0 radical (unpaired) electrons. The topological polar surface area (TPSA) is 119 Å². The van der Waals surface area contributed by atoms with Crippen molar-refractivity contribution in [2.75, 3.05) is 23.9 Å². The number of nitrogens with zero attached hydrogens (tertiary/aromatic N) is 6. The number of pyridine rings is 2. The summed E-state index contributed by atoms with van der Waals surface area (Å²) in [4.78, 5) is 31.8. The van der Waals surface area contributed by atoms with Crippen LogP contribution in [0.25, 0.3) is 0 Å². The molecular formula is C12H10N6O4. The minimum absolute atomic E-state index is 0.298. The molecule has 2 aromatic rings. The van der Waals surface area contributed by atoms with Crippen molar-refractivity contribution in [2.24, 2.45) is 0 Å². The fourth-order valence-corrected chi connectivity index (χ4v) is 2.31. The SMILES string of the molecule is CN1c2ccc([N+](=O)[O-])nc2N(C)c2nc([N+](=O)[O-])ccc21. The van der Waals surface area contributed by atoms with Crippen LogP contribution in [0.3, 0.4) is 0 Å². The highest BCUT2D eigenvalue weighted by Crippen LogP contribution is 2.45. The first-order valence-corrected chi connectivity index (χ1v) is 6.18. The molecule has 1 aliphatic heterocycles. The van der Waals surface area contributed by atoms with Gasteiger partial charge in [-0.05, 0) is 31.9 Å². The molecule has 10 nitrogen and oxygen atoms in total. The summed E-state index contributed by atoms with van der Waals surface area (Å²) in [7, 11) is 3.35. The molecule has 22 heavy (non-hydrogen) atoms. The first kappa shape index (κ1) is 13.7. The molecule has 0 spiro atoms. The molecule has 3 heterocycles. The van der Waals surface area contributed by atoms with Crippen LogP contribution in [-0.4, -0.2) is 33.9 Å². The number of fused-ring (bicyclic) bond motifs is 2. The summed E-state index contributed by atoms with van der Waals surface area (Å²) in [6.07, 6.45) is 0. The van der Waals surface area contributed by atoms with E-state index in [0.717, 1.165) is 0 Å². The summed E-state index contributed by atoms with van der Waals surface area (Å²) < 4.78 is 0. The van der Waals surface area contributed by atoms with E-state index in [-0.39, 0.29) is 11.6 Å². The van der Waals surface area contributed by atoms with E-state index in [4.69, 9.17) is 0 Å². The Hall–Kier alpha value is -3.30. The predicted molar refractivity (Wildman–Crippen MR) is 77.9 cm³/mol. The maximum absolute atomic E-state index is 10.9. The van der Waals surface area contributed by atoms with Gasteiger partial charge in [0, 0.05) is 26.2 Å². The molecule has 2 aromatic heterocycles. The van der Waals surface area contributed by atoms with Crippen LogP contribution in [0.4, 0.5) is 34.6 Å². The number of hydrogen-bond donors (Lipinski definition) is 0. The molecule has 0 saturated carbocycles. The largest absolute Gasteiger partial charge is 0.366 e. The van der Waals surface area contributed by atoms with Crippen molar-refractivity contribution in [2.45, 2.75) is 0 Å². The molecule has 0 unspecified atom stereocenters. The summed E-state index contributed by atoms with van der Waals surface area (Å²) in [5.41, 5.74) is 1.30. The fraction of sp³-hybridized carbons (Fsp3) is 0.167. The van der Waals surface area contributed by atoms with Gasteiger partial charge in [0.1, 0.15) is 11.4 Å². The van der Waals surface area contributed by atoms with E-state index in [1.54, 1.807) is 31.1 Å². The van der Waals surface area contributed by atoms with Crippen LogP contribution in [0, 0.1) is 20.2 Å². The van der Waals surface area contributed by atoms with Crippen molar-refractivity contribution in [3.8, 4) is 0 Å². The van der Waals surface area contributed by atoms with Gasteiger partial charge >= 0.3 is 11.6 Å². The van der Waals surface area contributed by atoms with E-state index >= 15 is 0 Å². The van der Waals surface area contributed by atoms with Gasteiger partial charge in [-0.3, -0.25) is 4.90 Å². The Kier molecular flexibility index (Phi) is 2.87. The Bertz CT molecular complexity index is 743. The zero-order valence-corrected chi connectivity index (χ0v) is 11.6. The van der Waals surface area contributed by atoms with Gasteiger partial charge in [0.15, 0.2) is 0 Å². The molecule has 0 saturated heterocycles. The predicted octanol–water partition coefficient (Wildman–Crippen LogP) is 2.14. The molecule has 0 aliphatic carbocycles. The Morgan fingerprint density at radius 3 is 1.59 bits per heavy atom. The van der Waals surface area contributed by atoms with Gasteiger partial charge in [-0.25, -0.2) is 0 Å². The zero-order chi connectivity index (χ0) is 16.0. The molecule has 3 rings (SSSR count). The maximum atomic E-state index is 10.9. The number of hydrogen-bond acceptors (Lipinski definition) is 8. The number of aromatic nitrogens is 2. The van der Waals surface area contributed by atoms with Gasteiger partial charge in [-0.2, -0.15) is 0 Å². The lowest BCUT2D eigenvalue weighted by Gasteiger charge is -2.29. The molecule has 0 bridgehead atoms. The Morgan fingerprint density at radius 1 is 0.818 bits per heavy atom. The van der Waals surface area contributed by atoms with Crippen LogP contribution in [0.15, 0.2) is 24.3 Å². The van der Waals surface area contributed by atoms with Crippen molar-refractivity contribution in [1.82, 2.24) is 9.97 Å². The van der Waals surface area contributed by atoms with E-state index in [1.807, 2.05) is 0 Å². The summed E-state index contributed by atoms with van der Waals surface area (Å²) in [5, 5.41) is 21.7. The summed E-state index contributed by atoms with van der Waals surface area (Å²) in [6.45, 7) is 0. The van der Waals surface area contributed by atoms with Crippen molar-refractivity contribution in [1.29, 1.82) is 0 Å². The third-order valence-corrected chi connectivity index (χ3v) is 3.41. The van der Waals surface area contributed by atoms with Gasteiger partial charge in [-0.1, -0.05) is 0 Å². The molecule has 0 amide bonds. The summed E-state index contributed by atoms with van der Waals surface area (Å²) in [5.74, 6) is 0.0372. The third-order valence-electron chi connectivity index (χ3n) is 3.41. The Morgan fingerprint density at radius 2 is 1.23 bits per heavy atom. The van der Waals surface area contributed by atoms with Crippen LogP contribution in [0.2, 0.25) is 0 Å². The van der Waals surface area contributed by atoms with E-state index in [9.17, 15) is 20.2 Å². The molecule has 1 aliphatic rings. The highest BCUT2D eigenvalue weighted by Gasteiger charge is 2.34. The molecule has 0 fully saturated rings. The van der Waals surface area contributed by atoms with Crippen molar-refractivity contribution >= 4 is 34.6 Å². The van der Waals surface area contributed by atoms with E-state index < -0.39 is 9.85 Å². The van der Waals surface area contributed by atoms with E-state index in [0.29, 0.717) is 23.0 Å². The smallest absolute Gasteiger partial charge is 0.358 e. The van der Waals surface area contributed by atoms with Crippen molar-refractivity contribution in [3.63, 3.8) is 0 Å². The molecule has 112 valence electrons. The van der Waals surface area contributed by atoms with Crippen LogP contribution < -0.4 is 9.80 Å². The first-order chi connectivity index (χ1) is 10.4. The van der Waals surface area contributed by atoms with Crippen LogP contribution in [0.1, 0.15) is 0 Å².